The van der Waals surface area contributed by atoms with E-state index in [2.05, 4.69) is 5.16 Å². The summed E-state index contributed by atoms with van der Waals surface area (Å²) in [5.74, 6) is -0.103. The highest BCUT2D eigenvalue weighted by molar-refractivity contribution is 6.03. The van der Waals surface area contributed by atoms with Gasteiger partial charge in [0.1, 0.15) is 5.75 Å². The first-order valence-electron chi connectivity index (χ1n) is 6.76. The minimum atomic E-state index is -0.455. The lowest BCUT2D eigenvalue weighted by molar-refractivity contribution is 0.0734. The number of nitrogens with zero attached hydrogens (tertiary/aromatic N) is 1. The van der Waals surface area contributed by atoms with Crippen LogP contribution in [0.2, 0.25) is 0 Å². The van der Waals surface area contributed by atoms with Gasteiger partial charge in [0.25, 0.3) is 0 Å². The Morgan fingerprint density at radius 1 is 0.955 bits per heavy atom. The molecule has 0 aliphatic carbocycles. The highest BCUT2D eigenvalue weighted by Gasteiger charge is 2.13. The molecule has 0 amide bonds. The quantitative estimate of drug-likeness (QED) is 0.262. The molecule has 3 aromatic carbocycles. The van der Waals surface area contributed by atoms with Gasteiger partial charge in [0.2, 0.25) is 0 Å². The minimum absolute atomic E-state index is 0.352. The van der Waals surface area contributed by atoms with Crippen molar-refractivity contribution in [1.82, 2.24) is 0 Å². The molecular formula is C18H13NO3. The Hall–Kier alpha value is -3.14. The average Bonchev–Trinajstić information content (AvgIpc) is 2.58. The van der Waals surface area contributed by atoms with E-state index in [9.17, 15) is 4.79 Å². The Morgan fingerprint density at radius 2 is 1.68 bits per heavy atom. The molecule has 3 rings (SSSR count). The number of ether oxygens (including phenoxy) is 1. The van der Waals surface area contributed by atoms with Crippen LogP contribution in [-0.2, 0) is 0 Å². The topological polar surface area (TPSA) is 58.9 Å². The number of carbonyl (C=O) groups is 1. The molecule has 4 heteroatoms. The molecule has 0 saturated carbocycles. The van der Waals surface area contributed by atoms with E-state index in [0.717, 1.165) is 10.8 Å². The summed E-state index contributed by atoms with van der Waals surface area (Å²) < 4.78 is 5.45. The fourth-order valence-electron chi connectivity index (χ4n) is 2.29. The van der Waals surface area contributed by atoms with E-state index in [-0.39, 0.29) is 0 Å². The summed E-state index contributed by atoms with van der Waals surface area (Å²) in [6.07, 6.45) is 1.27. The Kier molecular flexibility index (Phi) is 3.83. The first kappa shape index (κ1) is 13.8. The van der Waals surface area contributed by atoms with Crippen LogP contribution >= 0.6 is 0 Å². The molecule has 0 atom stereocenters. The second-order valence-corrected chi connectivity index (χ2v) is 4.70. The number of oxime groups is 1. The van der Waals surface area contributed by atoms with Gasteiger partial charge in [-0.05, 0) is 29.0 Å². The number of benzene rings is 3. The van der Waals surface area contributed by atoms with Crippen LogP contribution in [-0.4, -0.2) is 17.4 Å². The zero-order valence-electron chi connectivity index (χ0n) is 11.6. The number of rotatable bonds is 3. The molecule has 22 heavy (non-hydrogen) atoms. The van der Waals surface area contributed by atoms with Crippen LogP contribution in [0.15, 0.2) is 71.9 Å². The molecule has 0 radical (unpaired) electrons. The van der Waals surface area contributed by atoms with Gasteiger partial charge in [0.15, 0.2) is 0 Å². The molecule has 0 unspecified atom stereocenters. The molecule has 0 fully saturated rings. The van der Waals surface area contributed by atoms with Crippen LogP contribution < -0.4 is 4.74 Å². The predicted molar refractivity (Wildman–Crippen MR) is 84.7 cm³/mol. The van der Waals surface area contributed by atoms with Crippen LogP contribution in [0.4, 0.5) is 0 Å². The number of hydrogen-bond donors (Lipinski definition) is 1. The summed E-state index contributed by atoms with van der Waals surface area (Å²) in [6, 6.07) is 19.9. The van der Waals surface area contributed by atoms with Crippen molar-refractivity contribution in [3.05, 3.63) is 77.9 Å². The van der Waals surface area contributed by atoms with Crippen molar-refractivity contribution < 1.29 is 14.7 Å². The van der Waals surface area contributed by atoms with E-state index >= 15 is 0 Å². The van der Waals surface area contributed by atoms with E-state index in [1.807, 2.05) is 36.4 Å². The molecule has 0 bridgehead atoms. The Balaban J connectivity index is 2.03. The second kappa shape index (κ2) is 6.10. The van der Waals surface area contributed by atoms with Gasteiger partial charge in [-0.1, -0.05) is 53.7 Å². The maximum absolute atomic E-state index is 12.2. The van der Waals surface area contributed by atoms with E-state index in [1.54, 1.807) is 30.3 Å². The van der Waals surface area contributed by atoms with E-state index < -0.39 is 5.97 Å². The molecular weight excluding hydrogens is 278 g/mol. The number of esters is 1. The number of hydrogen-bond acceptors (Lipinski definition) is 4. The first-order valence-corrected chi connectivity index (χ1v) is 6.76. The zero-order chi connectivity index (χ0) is 15.4. The maximum Gasteiger partial charge on any atom is 0.343 e. The highest BCUT2D eigenvalue weighted by atomic mass is 16.5. The third-order valence-electron chi connectivity index (χ3n) is 3.33. The zero-order valence-corrected chi connectivity index (χ0v) is 11.6. The fraction of sp³-hybridized carbons (Fsp3) is 0. The number of carbonyl (C=O) groups excluding carboxylic acids is 1. The summed E-state index contributed by atoms with van der Waals surface area (Å²) in [5.41, 5.74) is 1.02. The van der Waals surface area contributed by atoms with Gasteiger partial charge in [-0.2, -0.15) is 0 Å². The molecule has 1 N–H and O–H groups in total. The minimum Gasteiger partial charge on any atom is -0.422 e. The van der Waals surface area contributed by atoms with Crippen molar-refractivity contribution in [2.24, 2.45) is 5.16 Å². The third kappa shape index (κ3) is 2.67. The third-order valence-corrected chi connectivity index (χ3v) is 3.33. The van der Waals surface area contributed by atoms with Crippen LogP contribution in [0, 0.1) is 0 Å². The molecule has 108 valence electrons. The van der Waals surface area contributed by atoms with E-state index in [0.29, 0.717) is 16.9 Å². The summed E-state index contributed by atoms with van der Waals surface area (Å²) in [6.45, 7) is 0. The summed E-state index contributed by atoms with van der Waals surface area (Å²) in [4.78, 5) is 12.2. The van der Waals surface area contributed by atoms with E-state index in [4.69, 9.17) is 9.94 Å². The Morgan fingerprint density at radius 3 is 2.45 bits per heavy atom. The van der Waals surface area contributed by atoms with Crippen LogP contribution in [0.5, 0.6) is 5.75 Å². The molecule has 0 saturated heterocycles. The van der Waals surface area contributed by atoms with Crippen molar-refractivity contribution in [1.29, 1.82) is 0 Å². The molecule has 0 aromatic heterocycles. The Labute approximate surface area is 127 Å². The normalized spacial score (nSPS) is 10.9. The largest absolute Gasteiger partial charge is 0.422 e. The molecule has 0 aliphatic rings. The summed E-state index contributed by atoms with van der Waals surface area (Å²) >= 11 is 0. The van der Waals surface area contributed by atoms with Gasteiger partial charge in [-0.15, -0.1) is 0 Å². The highest BCUT2D eigenvalue weighted by Crippen LogP contribution is 2.27. The van der Waals surface area contributed by atoms with Gasteiger partial charge in [-0.3, -0.25) is 0 Å². The van der Waals surface area contributed by atoms with Gasteiger partial charge in [-0.25, -0.2) is 4.79 Å². The smallest absolute Gasteiger partial charge is 0.343 e. The standard InChI is InChI=1S/C18H13NO3/c20-18(14-7-2-1-3-8-14)22-17-11-10-13-6-4-5-9-15(13)16(17)12-19-21/h1-12,21H/b19-12+. The van der Waals surface area contributed by atoms with Gasteiger partial charge in [0.05, 0.1) is 11.8 Å². The Bertz CT molecular complexity index is 841. The molecule has 0 aliphatic heterocycles. The van der Waals surface area contributed by atoms with Crippen molar-refractivity contribution in [2.45, 2.75) is 0 Å². The van der Waals surface area contributed by atoms with Crippen molar-refractivity contribution in [3.63, 3.8) is 0 Å². The predicted octanol–water partition coefficient (Wildman–Crippen LogP) is 3.87. The SMILES string of the molecule is O=C(Oc1ccc2ccccc2c1/C=N/O)c1ccccc1. The molecule has 0 heterocycles. The van der Waals surface area contributed by atoms with Gasteiger partial charge >= 0.3 is 5.97 Å². The molecule has 3 aromatic rings. The lowest BCUT2D eigenvalue weighted by atomic mass is 10.0. The maximum atomic E-state index is 12.2. The van der Waals surface area contributed by atoms with Crippen LogP contribution in [0.25, 0.3) is 10.8 Å². The lowest BCUT2D eigenvalue weighted by Crippen LogP contribution is -2.09. The van der Waals surface area contributed by atoms with Crippen molar-refractivity contribution in [3.8, 4) is 5.75 Å². The molecule has 4 nitrogen and oxygen atoms in total. The van der Waals surface area contributed by atoms with E-state index in [1.165, 1.54) is 6.21 Å². The summed E-state index contributed by atoms with van der Waals surface area (Å²) in [5, 5.41) is 13.8. The van der Waals surface area contributed by atoms with Crippen molar-refractivity contribution >= 4 is 23.0 Å². The second-order valence-electron chi connectivity index (χ2n) is 4.70. The van der Waals surface area contributed by atoms with Crippen LogP contribution in [0.3, 0.4) is 0 Å². The van der Waals surface area contributed by atoms with Crippen molar-refractivity contribution in [2.75, 3.05) is 0 Å². The fourth-order valence-corrected chi connectivity index (χ4v) is 2.29. The summed E-state index contributed by atoms with van der Waals surface area (Å²) in [7, 11) is 0. The monoisotopic (exact) mass is 291 g/mol. The van der Waals surface area contributed by atoms with Crippen LogP contribution in [0.1, 0.15) is 15.9 Å². The molecule has 0 spiro atoms. The lowest BCUT2D eigenvalue weighted by Gasteiger charge is -2.10. The average molecular weight is 291 g/mol. The van der Waals surface area contributed by atoms with Gasteiger partial charge in [0, 0.05) is 5.56 Å². The number of fused-ring (bicyclic) bond motifs is 1. The van der Waals surface area contributed by atoms with Gasteiger partial charge < -0.3 is 9.94 Å². The first-order chi connectivity index (χ1) is 10.8.